The molecule has 2 heterocycles. The predicted molar refractivity (Wildman–Crippen MR) is 66.1 cm³/mol. The van der Waals surface area contributed by atoms with Gasteiger partial charge in [0, 0.05) is 30.1 Å². The van der Waals surface area contributed by atoms with Gasteiger partial charge in [-0.1, -0.05) is 0 Å². The number of pyridine rings is 1. The van der Waals surface area contributed by atoms with Crippen molar-refractivity contribution in [3.8, 4) is 0 Å². The molecule has 0 bridgehead atoms. The Kier molecular flexibility index (Phi) is 2.60. The van der Waals surface area contributed by atoms with Crippen molar-refractivity contribution in [3.63, 3.8) is 0 Å². The van der Waals surface area contributed by atoms with Gasteiger partial charge < -0.3 is 5.32 Å². The summed E-state index contributed by atoms with van der Waals surface area (Å²) in [6, 6.07) is 4.77. The minimum Gasteiger partial charge on any atom is -0.367 e. The molecule has 0 aromatic carbocycles. The molecular formula is C13H17N3. The lowest BCUT2D eigenvalue weighted by atomic mass is 9.93. The van der Waals surface area contributed by atoms with E-state index >= 15 is 0 Å². The Balaban J connectivity index is 1.84. The van der Waals surface area contributed by atoms with E-state index < -0.39 is 0 Å². The molecule has 0 radical (unpaired) electrons. The average molecular weight is 215 g/mol. The summed E-state index contributed by atoms with van der Waals surface area (Å²) < 4.78 is 0. The van der Waals surface area contributed by atoms with Gasteiger partial charge in [-0.3, -0.25) is 4.99 Å². The Morgan fingerprint density at radius 2 is 2.19 bits per heavy atom. The highest BCUT2D eigenvalue weighted by atomic mass is 15.0. The SMILES string of the molecule is c1cnc(NC2CCC2)c(C2=NCCC2)c1. The summed E-state index contributed by atoms with van der Waals surface area (Å²) in [5.41, 5.74) is 2.45. The highest BCUT2D eigenvalue weighted by Gasteiger charge is 2.20. The molecule has 0 unspecified atom stereocenters. The molecular weight excluding hydrogens is 198 g/mol. The first kappa shape index (κ1) is 9.82. The molecule has 3 rings (SSSR count). The Morgan fingerprint density at radius 1 is 1.25 bits per heavy atom. The molecule has 16 heavy (non-hydrogen) atoms. The molecule has 0 spiro atoms. The van der Waals surface area contributed by atoms with E-state index in [0.717, 1.165) is 18.8 Å². The molecule has 3 heteroatoms. The van der Waals surface area contributed by atoms with Crippen LogP contribution in [0.4, 0.5) is 5.82 Å². The normalized spacial score (nSPS) is 20.4. The van der Waals surface area contributed by atoms with Gasteiger partial charge in [0.1, 0.15) is 5.82 Å². The Hall–Kier alpha value is -1.38. The van der Waals surface area contributed by atoms with Gasteiger partial charge in [-0.25, -0.2) is 4.98 Å². The molecule has 1 N–H and O–H groups in total. The molecule has 0 amide bonds. The fourth-order valence-electron chi connectivity index (χ4n) is 2.26. The molecule has 84 valence electrons. The summed E-state index contributed by atoms with van der Waals surface area (Å²) in [6.07, 6.45) is 8.06. The van der Waals surface area contributed by atoms with Gasteiger partial charge in [-0.05, 0) is 44.2 Å². The lowest BCUT2D eigenvalue weighted by molar-refractivity contribution is 0.444. The van der Waals surface area contributed by atoms with E-state index in [4.69, 9.17) is 0 Å². The molecule has 0 saturated heterocycles. The first-order valence-electron chi connectivity index (χ1n) is 6.19. The summed E-state index contributed by atoms with van der Waals surface area (Å²) in [6.45, 7) is 0.979. The number of anilines is 1. The van der Waals surface area contributed by atoms with Crippen LogP contribution in [0.15, 0.2) is 23.3 Å². The van der Waals surface area contributed by atoms with Crippen molar-refractivity contribution in [3.05, 3.63) is 23.9 Å². The van der Waals surface area contributed by atoms with Crippen LogP contribution in [0.2, 0.25) is 0 Å². The zero-order chi connectivity index (χ0) is 10.8. The number of nitrogens with zero attached hydrogens (tertiary/aromatic N) is 2. The first-order valence-corrected chi connectivity index (χ1v) is 6.19. The monoisotopic (exact) mass is 215 g/mol. The van der Waals surface area contributed by atoms with Crippen LogP contribution in [0, 0.1) is 0 Å². The van der Waals surface area contributed by atoms with Crippen LogP contribution in [0.1, 0.15) is 37.7 Å². The lowest BCUT2D eigenvalue weighted by Crippen LogP contribution is -2.28. The van der Waals surface area contributed by atoms with E-state index in [-0.39, 0.29) is 0 Å². The smallest absolute Gasteiger partial charge is 0.135 e. The van der Waals surface area contributed by atoms with Gasteiger partial charge in [0.15, 0.2) is 0 Å². The Morgan fingerprint density at radius 3 is 2.88 bits per heavy atom. The molecule has 3 nitrogen and oxygen atoms in total. The van der Waals surface area contributed by atoms with Crippen LogP contribution in [0.5, 0.6) is 0 Å². The largest absolute Gasteiger partial charge is 0.367 e. The second-order valence-corrected chi connectivity index (χ2v) is 4.60. The van der Waals surface area contributed by atoms with E-state index in [2.05, 4.69) is 21.4 Å². The van der Waals surface area contributed by atoms with Crippen molar-refractivity contribution in [2.24, 2.45) is 4.99 Å². The predicted octanol–water partition coefficient (Wildman–Crippen LogP) is 2.63. The highest BCUT2D eigenvalue weighted by Crippen LogP contribution is 2.25. The number of hydrogen-bond acceptors (Lipinski definition) is 3. The fourth-order valence-corrected chi connectivity index (χ4v) is 2.26. The molecule has 0 atom stereocenters. The minimum atomic E-state index is 0.635. The molecule has 1 aromatic heterocycles. The Labute approximate surface area is 96.0 Å². The standard InChI is InChI=1S/C13H17N3/c1-4-10(5-1)16-13-11(6-2-9-15-13)12-7-3-8-14-12/h2,6,9-10H,1,3-5,7-8H2,(H,15,16). The third kappa shape index (κ3) is 1.82. The molecule has 1 saturated carbocycles. The second-order valence-electron chi connectivity index (χ2n) is 4.60. The minimum absolute atomic E-state index is 0.635. The number of aromatic nitrogens is 1. The summed E-state index contributed by atoms with van der Waals surface area (Å²) in [5.74, 6) is 1.04. The van der Waals surface area contributed by atoms with Gasteiger partial charge in [-0.2, -0.15) is 0 Å². The fraction of sp³-hybridized carbons (Fsp3) is 0.538. The van der Waals surface area contributed by atoms with Crippen LogP contribution in [0.25, 0.3) is 0 Å². The maximum Gasteiger partial charge on any atom is 0.135 e. The van der Waals surface area contributed by atoms with Gasteiger partial charge in [0.25, 0.3) is 0 Å². The van der Waals surface area contributed by atoms with Crippen LogP contribution >= 0.6 is 0 Å². The van der Waals surface area contributed by atoms with E-state index in [0.29, 0.717) is 6.04 Å². The van der Waals surface area contributed by atoms with Crippen LogP contribution in [-0.4, -0.2) is 23.3 Å². The highest BCUT2D eigenvalue weighted by molar-refractivity contribution is 6.05. The second kappa shape index (κ2) is 4.24. The van der Waals surface area contributed by atoms with Crippen molar-refractivity contribution in [1.82, 2.24) is 4.98 Å². The number of rotatable bonds is 3. The van der Waals surface area contributed by atoms with Crippen molar-refractivity contribution < 1.29 is 0 Å². The number of nitrogens with one attached hydrogen (secondary N) is 1. The topological polar surface area (TPSA) is 37.3 Å². The van der Waals surface area contributed by atoms with Crippen molar-refractivity contribution in [1.29, 1.82) is 0 Å². The van der Waals surface area contributed by atoms with E-state index in [1.54, 1.807) is 0 Å². The lowest BCUT2D eigenvalue weighted by Gasteiger charge is -2.27. The zero-order valence-corrected chi connectivity index (χ0v) is 9.45. The number of hydrogen-bond donors (Lipinski definition) is 1. The zero-order valence-electron chi connectivity index (χ0n) is 9.45. The summed E-state index contributed by atoms with van der Waals surface area (Å²) in [7, 11) is 0. The molecule has 2 aliphatic rings. The number of aliphatic imine (C=N–C) groups is 1. The Bertz CT molecular complexity index is 407. The van der Waals surface area contributed by atoms with Crippen LogP contribution in [0.3, 0.4) is 0 Å². The third-order valence-electron chi connectivity index (χ3n) is 3.44. The van der Waals surface area contributed by atoms with Crippen molar-refractivity contribution in [2.45, 2.75) is 38.1 Å². The van der Waals surface area contributed by atoms with E-state index in [1.807, 2.05) is 12.3 Å². The van der Waals surface area contributed by atoms with Gasteiger partial charge in [-0.15, -0.1) is 0 Å². The first-order chi connectivity index (χ1) is 7.93. The van der Waals surface area contributed by atoms with Crippen molar-refractivity contribution in [2.75, 3.05) is 11.9 Å². The van der Waals surface area contributed by atoms with Crippen LogP contribution in [-0.2, 0) is 0 Å². The van der Waals surface area contributed by atoms with E-state index in [1.165, 1.54) is 37.0 Å². The van der Waals surface area contributed by atoms with Crippen molar-refractivity contribution >= 4 is 11.5 Å². The summed E-state index contributed by atoms with van der Waals surface area (Å²) in [4.78, 5) is 9.01. The van der Waals surface area contributed by atoms with Crippen LogP contribution < -0.4 is 5.32 Å². The average Bonchev–Trinajstić information content (AvgIpc) is 2.77. The summed E-state index contributed by atoms with van der Waals surface area (Å²) >= 11 is 0. The van der Waals surface area contributed by atoms with E-state index in [9.17, 15) is 0 Å². The molecule has 1 aliphatic heterocycles. The molecule has 1 aromatic rings. The molecule has 1 aliphatic carbocycles. The maximum atomic E-state index is 4.55. The maximum absolute atomic E-state index is 4.55. The molecule has 1 fully saturated rings. The van der Waals surface area contributed by atoms with Gasteiger partial charge >= 0.3 is 0 Å². The van der Waals surface area contributed by atoms with Gasteiger partial charge in [0.05, 0.1) is 0 Å². The summed E-state index contributed by atoms with van der Waals surface area (Å²) in [5, 5.41) is 3.53. The van der Waals surface area contributed by atoms with Gasteiger partial charge in [0.2, 0.25) is 0 Å². The quantitative estimate of drug-likeness (QED) is 0.841. The third-order valence-corrected chi connectivity index (χ3v) is 3.44.